The molecule has 1 heterocycles. The number of ether oxygens (including phenoxy) is 1. The molecule has 1 aliphatic heterocycles. The van der Waals surface area contributed by atoms with Gasteiger partial charge in [0.15, 0.2) is 6.61 Å². The Balaban J connectivity index is 1.57. The summed E-state index contributed by atoms with van der Waals surface area (Å²) in [6, 6.07) is 9.29. The molecule has 0 radical (unpaired) electrons. The number of likely N-dealkylation sites (tertiary alicyclic amines) is 1. The molecule has 1 aromatic rings. The van der Waals surface area contributed by atoms with Gasteiger partial charge < -0.3 is 10.1 Å². The molecule has 0 bridgehead atoms. The molecule has 20 heavy (non-hydrogen) atoms. The summed E-state index contributed by atoms with van der Waals surface area (Å²) in [6.07, 6.45) is 2.55. The van der Waals surface area contributed by atoms with Gasteiger partial charge in [0.1, 0.15) is 5.75 Å². The van der Waals surface area contributed by atoms with Crippen LogP contribution in [0.5, 0.6) is 5.75 Å². The van der Waals surface area contributed by atoms with E-state index in [1.165, 1.54) is 12.8 Å². The zero-order chi connectivity index (χ0) is 14.0. The Hall–Kier alpha value is -1.99. The molecule has 1 aliphatic rings. The van der Waals surface area contributed by atoms with Gasteiger partial charge in [0, 0.05) is 0 Å². The maximum atomic E-state index is 11.5. The van der Waals surface area contributed by atoms with Crippen LogP contribution >= 0.6 is 0 Å². The highest BCUT2D eigenvalue weighted by atomic mass is 16.5. The average molecular weight is 272 g/mol. The van der Waals surface area contributed by atoms with Gasteiger partial charge in [-0.3, -0.25) is 9.69 Å². The van der Waals surface area contributed by atoms with Gasteiger partial charge in [-0.25, -0.2) is 0 Å². The Kier molecular flexibility index (Phi) is 5.94. The van der Waals surface area contributed by atoms with Crippen molar-refractivity contribution in [1.82, 2.24) is 10.2 Å². The predicted octanol–water partition coefficient (Wildman–Crippen LogP) is 1.28. The van der Waals surface area contributed by atoms with Crippen molar-refractivity contribution in [2.24, 2.45) is 0 Å². The minimum atomic E-state index is -0.149. The molecule has 1 N–H and O–H groups in total. The fraction of sp³-hybridized carbons (Fsp3) is 0.438. The number of hydrogen-bond donors (Lipinski definition) is 1. The first-order valence-corrected chi connectivity index (χ1v) is 6.97. The lowest BCUT2D eigenvalue weighted by Crippen LogP contribution is -2.29. The highest BCUT2D eigenvalue weighted by Crippen LogP contribution is 2.07. The summed E-state index contributed by atoms with van der Waals surface area (Å²) >= 11 is 0. The summed E-state index contributed by atoms with van der Waals surface area (Å²) in [7, 11) is 0. The number of hydrogen-bond acceptors (Lipinski definition) is 3. The van der Waals surface area contributed by atoms with E-state index in [2.05, 4.69) is 22.1 Å². The summed E-state index contributed by atoms with van der Waals surface area (Å²) in [4.78, 5) is 13.8. The maximum absolute atomic E-state index is 11.5. The lowest BCUT2D eigenvalue weighted by atomic mass is 10.3. The van der Waals surface area contributed by atoms with Gasteiger partial charge in [-0.2, -0.15) is 0 Å². The lowest BCUT2D eigenvalue weighted by Gasteiger charge is -2.08. The number of rotatable bonds is 5. The Labute approximate surface area is 120 Å². The first-order chi connectivity index (χ1) is 9.84. The number of nitrogens with zero attached hydrogens (tertiary/aromatic N) is 1. The number of nitrogens with one attached hydrogen (secondary N) is 1. The number of carbonyl (C=O) groups excluding carboxylic acids is 1. The van der Waals surface area contributed by atoms with Gasteiger partial charge in [-0.05, 0) is 38.1 Å². The Bertz CT molecular complexity index is 470. The minimum absolute atomic E-state index is 0.0256. The van der Waals surface area contributed by atoms with E-state index in [4.69, 9.17) is 4.74 Å². The zero-order valence-corrected chi connectivity index (χ0v) is 11.6. The van der Waals surface area contributed by atoms with Crippen LogP contribution in [0, 0.1) is 11.8 Å². The largest absolute Gasteiger partial charge is 0.484 e. The van der Waals surface area contributed by atoms with Gasteiger partial charge in [0.05, 0.1) is 13.1 Å². The first kappa shape index (κ1) is 14.4. The molecule has 0 aliphatic carbocycles. The number of para-hydroxylation sites is 1. The molecule has 0 unspecified atom stereocenters. The van der Waals surface area contributed by atoms with Crippen LogP contribution in [0.4, 0.5) is 0 Å². The van der Waals surface area contributed by atoms with Crippen molar-refractivity contribution in [3.8, 4) is 17.6 Å². The van der Waals surface area contributed by atoms with Crippen LogP contribution in [0.15, 0.2) is 30.3 Å². The molecule has 0 aromatic heterocycles. The van der Waals surface area contributed by atoms with Crippen molar-refractivity contribution in [2.75, 3.05) is 32.8 Å². The molecule has 1 fully saturated rings. The quantitative estimate of drug-likeness (QED) is 0.821. The SMILES string of the molecule is O=C(COc1ccccc1)NCC#CCN1CCCC1. The van der Waals surface area contributed by atoms with Gasteiger partial charge in [0.25, 0.3) is 5.91 Å². The Morgan fingerprint density at radius 1 is 1.20 bits per heavy atom. The third-order valence-electron chi connectivity index (χ3n) is 3.11. The van der Waals surface area contributed by atoms with E-state index in [0.29, 0.717) is 12.3 Å². The molecule has 1 amide bonds. The smallest absolute Gasteiger partial charge is 0.258 e. The maximum Gasteiger partial charge on any atom is 0.258 e. The van der Waals surface area contributed by atoms with Crippen molar-refractivity contribution in [3.63, 3.8) is 0 Å². The minimum Gasteiger partial charge on any atom is -0.484 e. The van der Waals surface area contributed by atoms with Gasteiger partial charge >= 0.3 is 0 Å². The highest BCUT2D eigenvalue weighted by Gasteiger charge is 2.08. The summed E-state index contributed by atoms with van der Waals surface area (Å²) in [6.45, 7) is 3.50. The molecule has 2 rings (SSSR count). The van der Waals surface area contributed by atoms with E-state index < -0.39 is 0 Å². The molecule has 0 spiro atoms. The molecule has 4 heteroatoms. The van der Waals surface area contributed by atoms with Crippen LogP contribution in [0.2, 0.25) is 0 Å². The molecular weight excluding hydrogens is 252 g/mol. The van der Waals surface area contributed by atoms with Gasteiger partial charge in [-0.15, -0.1) is 0 Å². The zero-order valence-electron chi connectivity index (χ0n) is 11.6. The summed E-state index contributed by atoms with van der Waals surface area (Å²) in [5.41, 5.74) is 0. The molecule has 1 saturated heterocycles. The molecule has 4 nitrogen and oxygen atoms in total. The third kappa shape index (κ3) is 5.33. The number of amides is 1. The van der Waals surface area contributed by atoms with Crippen molar-refractivity contribution in [3.05, 3.63) is 30.3 Å². The Morgan fingerprint density at radius 3 is 2.70 bits per heavy atom. The van der Waals surface area contributed by atoms with Crippen molar-refractivity contribution >= 4 is 5.91 Å². The van der Waals surface area contributed by atoms with E-state index in [0.717, 1.165) is 19.6 Å². The van der Waals surface area contributed by atoms with Gasteiger partial charge in [0.2, 0.25) is 0 Å². The number of benzene rings is 1. The number of carbonyl (C=O) groups is 1. The Morgan fingerprint density at radius 2 is 1.95 bits per heavy atom. The third-order valence-corrected chi connectivity index (χ3v) is 3.11. The first-order valence-electron chi connectivity index (χ1n) is 6.97. The molecule has 106 valence electrons. The van der Waals surface area contributed by atoms with E-state index in [9.17, 15) is 4.79 Å². The molecule has 1 aromatic carbocycles. The van der Waals surface area contributed by atoms with Crippen LogP contribution in [0.3, 0.4) is 0 Å². The monoisotopic (exact) mass is 272 g/mol. The second-order valence-electron chi connectivity index (χ2n) is 4.72. The highest BCUT2D eigenvalue weighted by molar-refractivity contribution is 5.77. The molecule has 0 saturated carbocycles. The fourth-order valence-corrected chi connectivity index (χ4v) is 2.03. The predicted molar refractivity (Wildman–Crippen MR) is 78.4 cm³/mol. The van der Waals surface area contributed by atoms with E-state index in [-0.39, 0.29) is 12.5 Å². The summed E-state index contributed by atoms with van der Waals surface area (Å²) in [5, 5.41) is 2.72. The van der Waals surface area contributed by atoms with Gasteiger partial charge in [-0.1, -0.05) is 30.0 Å². The second kappa shape index (κ2) is 8.23. The van der Waals surface area contributed by atoms with Crippen LogP contribution < -0.4 is 10.1 Å². The van der Waals surface area contributed by atoms with Crippen LogP contribution in [0.25, 0.3) is 0 Å². The lowest BCUT2D eigenvalue weighted by molar-refractivity contribution is -0.122. The normalized spacial score (nSPS) is 14.4. The van der Waals surface area contributed by atoms with Crippen molar-refractivity contribution in [2.45, 2.75) is 12.8 Å². The fourth-order valence-electron chi connectivity index (χ4n) is 2.03. The summed E-state index contributed by atoms with van der Waals surface area (Å²) in [5.74, 6) is 6.59. The average Bonchev–Trinajstić information content (AvgIpc) is 2.99. The van der Waals surface area contributed by atoms with E-state index >= 15 is 0 Å². The topological polar surface area (TPSA) is 41.6 Å². The second-order valence-corrected chi connectivity index (χ2v) is 4.72. The van der Waals surface area contributed by atoms with Crippen molar-refractivity contribution in [1.29, 1.82) is 0 Å². The summed E-state index contributed by atoms with van der Waals surface area (Å²) < 4.78 is 5.34. The van der Waals surface area contributed by atoms with Crippen LogP contribution in [-0.4, -0.2) is 43.6 Å². The van der Waals surface area contributed by atoms with Crippen LogP contribution in [-0.2, 0) is 4.79 Å². The molecular formula is C16H20N2O2. The van der Waals surface area contributed by atoms with E-state index in [1.807, 2.05) is 30.3 Å². The van der Waals surface area contributed by atoms with E-state index in [1.54, 1.807) is 0 Å². The van der Waals surface area contributed by atoms with Crippen LogP contribution in [0.1, 0.15) is 12.8 Å². The van der Waals surface area contributed by atoms with Crippen molar-refractivity contribution < 1.29 is 9.53 Å². The molecule has 0 atom stereocenters. The standard InChI is InChI=1S/C16H20N2O2/c19-16(14-20-15-8-2-1-3-9-15)17-10-4-5-11-18-12-6-7-13-18/h1-3,8-9H,6-7,10-14H2,(H,17,19).